The van der Waals surface area contributed by atoms with Gasteiger partial charge in [0.25, 0.3) is 0 Å². The molecule has 0 saturated carbocycles. The molecule has 1 atom stereocenters. The van der Waals surface area contributed by atoms with Crippen LogP contribution in [0.1, 0.15) is 37.3 Å². The van der Waals surface area contributed by atoms with Gasteiger partial charge in [-0.1, -0.05) is 30.3 Å². The first kappa shape index (κ1) is 18.2. The summed E-state index contributed by atoms with van der Waals surface area (Å²) >= 11 is 0. The molecular formula is C19H26N2O3. The molecule has 1 aliphatic rings. The van der Waals surface area contributed by atoms with Gasteiger partial charge < -0.3 is 15.0 Å². The third kappa shape index (κ3) is 5.49. The molecule has 2 amide bonds. The van der Waals surface area contributed by atoms with Crippen LogP contribution >= 0.6 is 0 Å². The predicted molar refractivity (Wildman–Crippen MR) is 93.2 cm³/mol. The molecule has 1 aromatic rings. The van der Waals surface area contributed by atoms with Crippen LogP contribution in [0, 0.1) is 0 Å². The van der Waals surface area contributed by atoms with Gasteiger partial charge in [0.2, 0.25) is 11.8 Å². The van der Waals surface area contributed by atoms with E-state index in [4.69, 9.17) is 4.74 Å². The molecule has 0 aliphatic carbocycles. The number of nitrogens with one attached hydrogen (secondary N) is 1. The lowest BCUT2D eigenvalue weighted by atomic mass is 10.1. The number of amides is 2. The molecule has 2 rings (SSSR count). The number of hydrogen-bond donors (Lipinski definition) is 1. The zero-order valence-corrected chi connectivity index (χ0v) is 14.3. The minimum absolute atomic E-state index is 0.120. The maximum Gasteiger partial charge on any atom is 0.249 e. The highest BCUT2D eigenvalue weighted by atomic mass is 16.5. The van der Waals surface area contributed by atoms with Gasteiger partial charge in [0.05, 0.1) is 6.61 Å². The number of likely N-dealkylation sites (tertiary alicyclic amines) is 1. The van der Waals surface area contributed by atoms with Crippen LogP contribution in [0.4, 0.5) is 0 Å². The lowest BCUT2D eigenvalue weighted by Crippen LogP contribution is -2.34. The molecule has 5 nitrogen and oxygen atoms in total. The Kier molecular flexibility index (Phi) is 7.00. The van der Waals surface area contributed by atoms with Gasteiger partial charge >= 0.3 is 0 Å². The van der Waals surface area contributed by atoms with Crippen LogP contribution in [-0.2, 0) is 27.4 Å². The molecule has 1 fully saturated rings. The van der Waals surface area contributed by atoms with E-state index in [-0.39, 0.29) is 11.8 Å². The molecule has 1 heterocycles. The Morgan fingerprint density at radius 2 is 2.08 bits per heavy atom. The van der Waals surface area contributed by atoms with Crippen molar-refractivity contribution in [3.05, 3.63) is 48.0 Å². The summed E-state index contributed by atoms with van der Waals surface area (Å²) in [6.45, 7) is 7.85. The summed E-state index contributed by atoms with van der Waals surface area (Å²) in [5.74, 6) is 0.114. The Bertz CT molecular complexity index is 568. The van der Waals surface area contributed by atoms with E-state index in [2.05, 4.69) is 11.9 Å². The quantitative estimate of drug-likeness (QED) is 0.559. The van der Waals surface area contributed by atoms with E-state index < -0.39 is 6.10 Å². The van der Waals surface area contributed by atoms with Crippen LogP contribution in [0.2, 0.25) is 0 Å². The fraction of sp³-hybridized carbons (Fsp3) is 0.474. The molecule has 0 radical (unpaired) electrons. The molecule has 1 unspecified atom stereocenters. The monoisotopic (exact) mass is 330 g/mol. The average molecular weight is 330 g/mol. The fourth-order valence-electron chi connectivity index (χ4n) is 2.59. The Labute approximate surface area is 143 Å². The van der Waals surface area contributed by atoms with E-state index in [0.29, 0.717) is 26.1 Å². The van der Waals surface area contributed by atoms with Crippen molar-refractivity contribution in [2.24, 2.45) is 0 Å². The van der Waals surface area contributed by atoms with E-state index in [1.54, 1.807) is 13.0 Å². The number of ether oxygens (including phenoxy) is 1. The van der Waals surface area contributed by atoms with Gasteiger partial charge in [0.15, 0.2) is 0 Å². The predicted octanol–water partition coefficient (Wildman–Crippen LogP) is 2.41. The second-order valence-electron chi connectivity index (χ2n) is 6.04. The fourth-order valence-corrected chi connectivity index (χ4v) is 2.59. The standard InChI is InChI=1S/C19H26N2O3/c1-3-4-12-24-15(2)19(23)20-13-16-7-9-17(10-8-16)14-21-11-5-6-18(21)22/h3,7-10,15H,1,4-6,11-14H2,2H3,(H,20,23). The Morgan fingerprint density at radius 3 is 2.71 bits per heavy atom. The first-order chi connectivity index (χ1) is 11.6. The van der Waals surface area contributed by atoms with Crippen LogP contribution in [0.3, 0.4) is 0 Å². The number of rotatable bonds is 9. The lowest BCUT2D eigenvalue weighted by molar-refractivity contribution is -0.131. The minimum Gasteiger partial charge on any atom is -0.368 e. The first-order valence-corrected chi connectivity index (χ1v) is 8.46. The van der Waals surface area contributed by atoms with Crippen LogP contribution < -0.4 is 5.32 Å². The first-order valence-electron chi connectivity index (χ1n) is 8.46. The summed E-state index contributed by atoms with van der Waals surface area (Å²) in [6.07, 6.45) is 3.65. The van der Waals surface area contributed by atoms with Gasteiger partial charge in [-0.05, 0) is 30.9 Å². The molecule has 130 valence electrons. The molecule has 0 spiro atoms. The van der Waals surface area contributed by atoms with E-state index in [1.165, 1.54) is 0 Å². The van der Waals surface area contributed by atoms with Crippen molar-refractivity contribution in [3.63, 3.8) is 0 Å². The molecule has 5 heteroatoms. The smallest absolute Gasteiger partial charge is 0.249 e. The van der Waals surface area contributed by atoms with Gasteiger partial charge in [-0.25, -0.2) is 0 Å². The van der Waals surface area contributed by atoms with Crippen LogP contribution in [0.15, 0.2) is 36.9 Å². The summed E-state index contributed by atoms with van der Waals surface area (Å²) in [4.78, 5) is 25.5. The van der Waals surface area contributed by atoms with Crippen molar-refractivity contribution in [2.75, 3.05) is 13.2 Å². The van der Waals surface area contributed by atoms with Crippen molar-refractivity contribution < 1.29 is 14.3 Å². The van der Waals surface area contributed by atoms with E-state index in [9.17, 15) is 9.59 Å². The number of carbonyl (C=O) groups excluding carboxylic acids is 2. The highest BCUT2D eigenvalue weighted by Gasteiger charge is 2.19. The van der Waals surface area contributed by atoms with Crippen molar-refractivity contribution in [3.8, 4) is 0 Å². The Morgan fingerprint density at radius 1 is 1.38 bits per heavy atom. The summed E-state index contributed by atoms with van der Waals surface area (Å²) in [6, 6.07) is 7.99. The SMILES string of the molecule is C=CCCOC(C)C(=O)NCc1ccc(CN2CCCC2=O)cc1. The van der Waals surface area contributed by atoms with Crippen LogP contribution in [-0.4, -0.2) is 36.0 Å². The second kappa shape index (κ2) is 9.23. The zero-order valence-electron chi connectivity index (χ0n) is 14.3. The summed E-state index contributed by atoms with van der Waals surface area (Å²) in [5.41, 5.74) is 2.14. The van der Waals surface area contributed by atoms with Gasteiger partial charge in [-0.2, -0.15) is 0 Å². The third-order valence-electron chi connectivity index (χ3n) is 4.09. The van der Waals surface area contributed by atoms with Gasteiger partial charge in [-0.3, -0.25) is 9.59 Å². The van der Waals surface area contributed by atoms with Crippen molar-refractivity contribution in [1.82, 2.24) is 10.2 Å². The minimum atomic E-state index is -0.467. The number of nitrogens with zero attached hydrogens (tertiary/aromatic N) is 1. The zero-order chi connectivity index (χ0) is 17.4. The molecule has 0 bridgehead atoms. The summed E-state index contributed by atoms with van der Waals surface area (Å²) in [5, 5.41) is 2.87. The largest absolute Gasteiger partial charge is 0.368 e. The van der Waals surface area contributed by atoms with Crippen LogP contribution in [0.5, 0.6) is 0 Å². The average Bonchev–Trinajstić information content (AvgIpc) is 2.99. The normalized spacial score (nSPS) is 15.4. The van der Waals surface area contributed by atoms with E-state index in [1.807, 2.05) is 29.2 Å². The maximum atomic E-state index is 11.9. The highest BCUT2D eigenvalue weighted by Crippen LogP contribution is 2.14. The lowest BCUT2D eigenvalue weighted by Gasteiger charge is -2.16. The van der Waals surface area contributed by atoms with E-state index >= 15 is 0 Å². The highest BCUT2D eigenvalue weighted by molar-refractivity contribution is 5.80. The van der Waals surface area contributed by atoms with E-state index in [0.717, 1.165) is 30.5 Å². The Hall–Kier alpha value is -2.14. The van der Waals surface area contributed by atoms with Crippen molar-refractivity contribution in [1.29, 1.82) is 0 Å². The maximum absolute atomic E-state index is 11.9. The topological polar surface area (TPSA) is 58.6 Å². The molecule has 1 N–H and O–H groups in total. The number of hydrogen-bond acceptors (Lipinski definition) is 3. The second-order valence-corrected chi connectivity index (χ2v) is 6.04. The molecule has 1 saturated heterocycles. The Balaban J connectivity index is 1.76. The molecule has 24 heavy (non-hydrogen) atoms. The van der Waals surface area contributed by atoms with Crippen molar-refractivity contribution >= 4 is 11.8 Å². The summed E-state index contributed by atoms with van der Waals surface area (Å²) < 4.78 is 5.42. The molecular weight excluding hydrogens is 304 g/mol. The van der Waals surface area contributed by atoms with Gasteiger partial charge in [0, 0.05) is 26.1 Å². The summed E-state index contributed by atoms with van der Waals surface area (Å²) in [7, 11) is 0. The van der Waals surface area contributed by atoms with Crippen molar-refractivity contribution in [2.45, 2.75) is 45.4 Å². The molecule has 1 aliphatic heterocycles. The van der Waals surface area contributed by atoms with Gasteiger partial charge in [-0.15, -0.1) is 6.58 Å². The molecule has 1 aromatic carbocycles. The van der Waals surface area contributed by atoms with Gasteiger partial charge in [0.1, 0.15) is 6.10 Å². The third-order valence-corrected chi connectivity index (χ3v) is 4.09. The van der Waals surface area contributed by atoms with Crippen LogP contribution in [0.25, 0.3) is 0 Å². The molecule has 0 aromatic heterocycles. The number of benzene rings is 1. The number of carbonyl (C=O) groups is 2.